The van der Waals surface area contributed by atoms with E-state index >= 15 is 0 Å². The molecule has 0 fully saturated rings. The number of aliphatic hydroxyl groups is 1. The van der Waals surface area contributed by atoms with E-state index in [0.717, 1.165) is 34.4 Å². The molecule has 4 rings (SSSR count). The predicted octanol–water partition coefficient (Wildman–Crippen LogP) is 4.44. The second-order valence-electron chi connectivity index (χ2n) is 8.85. The summed E-state index contributed by atoms with van der Waals surface area (Å²) in [6, 6.07) is 16.5. The van der Waals surface area contributed by atoms with Crippen molar-refractivity contribution in [2.24, 2.45) is 0 Å². The van der Waals surface area contributed by atoms with Gasteiger partial charge in [0.2, 0.25) is 0 Å². The number of para-hydroxylation sites is 2. The Balaban J connectivity index is 1.64. The summed E-state index contributed by atoms with van der Waals surface area (Å²) in [5, 5.41) is 10.3. The molecule has 30 heavy (non-hydrogen) atoms. The van der Waals surface area contributed by atoms with Crippen molar-refractivity contribution in [3.05, 3.63) is 78.7 Å². The van der Waals surface area contributed by atoms with Crippen LogP contribution in [0.3, 0.4) is 0 Å². The van der Waals surface area contributed by atoms with Gasteiger partial charge in [0, 0.05) is 11.6 Å². The Kier molecular flexibility index (Phi) is 5.43. The summed E-state index contributed by atoms with van der Waals surface area (Å²) in [7, 11) is 1.71. The maximum Gasteiger partial charge on any atom is 0.330 e. The minimum Gasteiger partial charge on any atom is -0.427 e. The Bertz CT molecular complexity index is 1090. The molecule has 153 valence electrons. The van der Waals surface area contributed by atoms with Crippen LogP contribution in [0.15, 0.2) is 72.8 Å². The largest absolute Gasteiger partial charge is 0.427 e. The molecule has 0 saturated carbocycles. The topological polar surface area (TPSA) is 47.3 Å². The third-order valence-electron chi connectivity index (χ3n) is 6.01. The molecule has 1 aromatic heterocycles. The van der Waals surface area contributed by atoms with Crippen molar-refractivity contribution in [3.63, 3.8) is 0 Å². The van der Waals surface area contributed by atoms with Crippen LogP contribution in [0.4, 0.5) is 0 Å². The van der Waals surface area contributed by atoms with Crippen molar-refractivity contribution in [2.45, 2.75) is 51.2 Å². The van der Waals surface area contributed by atoms with Gasteiger partial charge in [-0.2, -0.15) is 0 Å². The van der Waals surface area contributed by atoms with Gasteiger partial charge in [-0.3, -0.25) is 4.57 Å². The fourth-order valence-electron chi connectivity index (χ4n) is 3.40. The number of allylic oxidation sites excluding steroid dienone is 4. The lowest BCUT2D eigenvalue weighted by Gasteiger charge is -2.37. The number of rotatable bonds is 6. The van der Waals surface area contributed by atoms with Gasteiger partial charge in [-0.1, -0.05) is 54.0 Å². The van der Waals surface area contributed by atoms with Gasteiger partial charge < -0.3 is 9.76 Å². The first-order chi connectivity index (χ1) is 14.3. The lowest BCUT2D eigenvalue weighted by molar-refractivity contribution is -0.0893. The number of hydrogen-bond acceptors (Lipinski definition) is 3. The molecule has 0 spiro atoms. The van der Waals surface area contributed by atoms with Crippen molar-refractivity contribution in [1.82, 2.24) is 9.55 Å². The zero-order chi connectivity index (χ0) is 21.4. The molecule has 1 unspecified atom stereocenters. The second-order valence-corrected chi connectivity index (χ2v) is 8.85. The van der Waals surface area contributed by atoms with Crippen molar-refractivity contribution >= 4 is 24.0 Å². The van der Waals surface area contributed by atoms with Crippen LogP contribution in [-0.2, 0) is 4.65 Å². The SMILES string of the molecule is CC(C)(O)C(C)(C)O[B]c1ccc(-n2c(C3C=CC=CC3)nc3ccccc32)cc1. The molecular formula is C25H28BN2O2. The highest BCUT2D eigenvalue weighted by Gasteiger charge is 2.35. The lowest BCUT2D eigenvalue weighted by Crippen LogP contribution is -2.49. The minimum absolute atomic E-state index is 0.254. The molecule has 0 saturated heterocycles. The van der Waals surface area contributed by atoms with Crippen molar-refractivity contribution in [1.29, 1.82) is 0 Å². The smallest absolute Gasteiger partial charge is 0.330 e. The number of hydrogen-bond donors (Lipinski definition) is 1. The van der Waals surface area contributed by atoms with Gasteiger partial charge >= 0.3 is 7.48 Å². The zero-order valence-electron chi connectivity index (χ0n) is 18.0. The number of imidazole rings is 1. The van der Waals surface area contributed by atoms with Gasteiger partial charge in [0.25, 0.3) is 0 Å². The quantitative estimate of drug-likeness (QED) is 0.624. The third-order valence-corrected chi connectivity index (χ3v) is 6.01. The second kappa shape index (κ2) is 7.90. The van der Waals surface area contributed by atoms with E-state index in [2.05, 4.69) is 59.2 Å². The number of benzene rings is 2. The number of fused-ring (bicyclic) bond motifs is 1. The molecule has 0 amide bonds. The molecule has 1 N–H and O–H groups in total. The summed E-state index contributed by atoms with van der Waals surface area (Å²) in [5.74, 6) is 1.30. The highest BCUT2D eigenvalue weighted by molar-refractivity contribution is 6.47. The van der Waals surface area contributed by atoms with Crippen LogP contribution in [0.25, 0.3) is 16.7 Å². The summed E-state index contributed by atoms with van der Waals surface area (Å²) in [6.45, 7) is 7.27. The van der Waals surface area contributed by atoms with Gasteiger partial charge in [-0.05, 0) is 58.4 Å². The Morgan fingerprint density at radius 3 is 2.43 bits per heavy atom. The van der Waals surface area contributed by atoms with Gasteiger partial charge in [-0.15, -0.1) is 0 Å². The number of aromatic nitrogens is 2. The molecule has 1 aliphatic rings. The minimum atomic E-state index is -0.948. The normalized spacial score (nSPS) is 16.9. The van der Waals surface area contributed by atoms with E-state index < -0.39 is 11.2 Å². The van der Waals surface area contributed by atoms with E-state index in [1.54, 1.807) is 21.3 Å². The molecule has 1 aliphatic carbocycles. The fourth-order valence-corrected chi connectivity index (χ4v) is 3.40. The summed E-state index contributed by atoms with van der Waals surface area (Å²) >= 11 is 0. The Labute approximate surface area is 179 Å². The van der Waals surface area contributed by atoms with E-state index in [-0.39, 0.29) is 5.92 Å². The van der Waals surface area contributed by atoms with E-state index in [0.29, 0.717) is 0 Å². The molecule has 1 radical (unpaired) electrons. The maximum atomic E-state index is 10.3. The Hall–Kier alpha value is -2.63. The first-order valence-electron chi connectivity index (χ1n) is 10.4. The maximum absolute atomic E-state index is 10.3. The van der Waals surface area contributed by atoms with E-state index in [9.17, 15) is 5.11 Å². The standard InChI is InChI=1S/C25H28BN2O2/c1-24(2,29)25(3,4)30-26-19-14-16-20(17-15-19)28-22-13-9-8-12-21(22)27-23(28)18-10-6-5-7-11-18/h5-10,12-18,29H,11H2,1-4H3. The van der Waals surface area contributed by atoms with Crippen LogP contribution in [0, 0.1) is 0 Å². The monoisotopic (exact) mass is 399 g/mol. The van der Waals surface area contributed by atoms with Crippen LogP contribution in [-0.4, -0.2) is 33.3 Å². The highest BCUT2D eigenvalue weighted by atomic mass is 16.5. The average molecular weight is 399 g/mol. The van der Waals surface area contributed by atoms with Crippen molar-refractivity contribution in [3.8, 4) is 5.69 Å². The molecule has 1 heterocycles. The molecule has 0 bridgehead atoms. The van der Waals surface area contributed by atoms with Crippen molar-refractivity contribution < 1.29 is 9.76 Å². The molecule has 2 aromatic carbocycles. The zero-order valence-corrected chi connectivity index (χ0v) is 18.0. The van der Waals surface area contributed by atoms with Crippen LogP contribution in [0.1, 0.15) is 45.9 Å². The summed E-state index contributed by atoms with van der Waals surface area (Å²) in [6.07, 6.45) is 9.53. The van der Waals surface area contributed by atoms with E-state index in [4.69, 9.17) is 9.64 Å². The third kappa shape index (κ3) is 4.00. The molecular weight excluding hydrogens is 371 g/mol. The van der Waals surface area contributed by atoms with Crippen LogP contribution >= 0.6 is 0 Å². The first-order valence-corrected chi connectivity index (χ1v) is 10.4. The van der Waals surface area contributed by atoms with Gasteiger partial charge in [0.15, 0.2) is 0 Å². The molecule has 0 aliphatic heterocycles. The van der Waals surface area contributed by atoms with Gasteiger partial charge in [-0.25, -0.2) is 4.98 Å². The summed E-state index contributed by atoms with van der Waals surface area (Å²) in [5.41, 5.74) is 2.48. The Morgan fingerprint density at radius 1 is 1.03 bits per heavy atom. The summed E-state index contributed by atoms with van der Waals surface area (Å²) < 4.78 is 8.13. The molecule has 3 aromatic rings. The fraction of sp³-hybridized carbons (Fsp3) is 0.320. The summed E-state index contributed by atoms with van der Waals surface area (Å²) in [4.78, 5) is 4.95. The van der Waals surface area contributed by atoms with Gasteiger partial charge in [0.05, 0.1) is 22.2 Å². The molecule has 4 nitrogen and oxygen atoms in total. The van der Waals surface area contributed by atoms with Crippen molar-refractivity contribution in [2.75, 3.05) is 0 Å². The lowest BCUT2D eigenvalue weighted by atomic mass is 9.82. The van der Waals surface area contributed by atoms with E-state index in [1.807, 2.05) is 32.0 Å². The van der Waals surface area contributed by atoms with E-state index in [1.165, 1.54) is 0 Å². The highest BCUT2D eigenvalue weighted by Crippen LogP contribution is 2.30. The average Bonchev–Trinajstić information content (AvgIpc) is 3.12. The van der Waals surface area contributed by atoms with Crippen LogP contribution < -0.4 is 5.46 Å². The number of nitrogens with zero attached hydrogens (tertiary/aromatic N) is 2. The molecule has 5 heteroatoms. The first kappa shape index (κ1) is 20.6. The predicted molar refractivity (Wildman–Crippen MR) is 124 cm³/mol. The Morgan fingerprint density at radius 2 is 1.77 bits per heavy atom. The van der Waals surface area contributed by atoms with Crippen LogP contribution in [0.2, 0.25) is 0 Å². The van der Waals surface area contributed by atoms with Crippen LogP contribution in [0.5, 0.6) is 0 Å². The molecule has 1 atom stereocenters. The van der Waals surface area contributed by atoms with Gasteiger partial charge in [0.1, 0.15) is 5.82 Å².